The van der Waals surface area contributed by atoms with Crippen molar-refractivity contribution in [1.82, 2.24) is 9.55 Å². The van der Waals surface area contributed by atoms with Gasteiger partial charge in [-0.25, -0.2) is 9.37 Å². The van der Waals surface area contributed by atoms with Gasteiger partial charge in [-0.1, -0.05) is 29.5 Å². The first kappa shape index (κ1) is 20.3. The second-order valence-electron chi connectivity index (χ2n) is 6.80. The number of carbonyl (C=O) groups is 1. The summed E-state index contributed by atoms with van der Waals surface area (Å²) in [6.45, 7) is 3.71. The summed E-state index contributed by atoms with van der Waals surface area (Å²) in [6, 6.07) is 13.5. The molecule has 0 spiro atoms. The predicted molar refractivity (Wildman–Crippen MR) is 120 cm³/mol. The van der Waals surface area contributed by atoms with E-state index in [1.807, 2.05) is 31.2 Å². The van der Waals surface area contributed by atoms with Crippen LogP contribution in [0.2, 0.25) is 0 Å². The Morgan fingerprint density at radius 1 is 1.17 bits per heavy atom. The van der Waals surface area contributed by atoms with Crippen LogP contribution >= 0.6 is 23.1 Å². The first-order chi connectivity index (χ1) is 14.4. The molecule has 0 aliphatic heterocycles. The van der Waals surface area contributed by atoms with E-state index < -0.39 is 0 Å². The molecule has 2 aromatic carbocycles. The molecule has 1 N–H and O–H groups in total. The fourth-order valence-electron chi connectivity index (χ4n) is 3.04. The van der Waals surface area contributed by atoms with E-state index in [-0.39, 0.29) is 23.0 Å². The largest absolute Gasteiger partial charge is 0.325 e. The molecule has 0 bridgehead atoms. The minimum atomic E-state index is -0.374. The van der Waals surface area contributed by atoms with Crippen molar-refractivity contribution in [2.24, 2.45) is 0 Å². The number of nitrogens with one attached hydrogen (secondary N) is 1. The van der Waals surface area contributed by atoms with Gasteiger partial charge in [-0.3, -0.25) is 14.2 Å². The van der Waals surface area contributed by atoms with E-state index in [4.69, 9.17) is 0 Å². The van der Waals surface area contributed by atoms with E-state index in [9.17, 15) is 14.0 Å². The number of hydrogen-bond acceptors (Lipinski definition) is 5. The first-order valence-corrected chi connectivity index (χ1v) is 11.0. The Kier molecular flexibility index (Phi) is 5.69. The van der Waals surface area contributed by atoms with Crippen LogP contribution in [-0.2, 0) is 4.79 Å². The highest BCUT2D eigenvalue weighted by molar-refractivity contribution is 7.99. The van der Waals surface area contributed by atoms with Gasteiger partial charge >= 0.3 is 0 Å². The maximum absolute atomic E-state index is 13.6. The quantitative estimate of drug-likeness (QED) is 0.354. The Hall–Kier alpha value is -2.97. The number of thioether (sulfide) groups is 1. The molecule has 0 aliphatic carbocycles. The first-order valence-electron chi connectivity index (χ1n) is 9.18. The van der Waals surface area contributed by atoms with Crippen molar-refractivity contribution in [3.63, 3.8) is 0 Å². The summed E-state index contributed by atoms with van der Waals surface area (Å²) < 4.78 is 15.6. The number of anilines is 1. The average molecular weight is 440 g/mol. The number of halogens is 1. The van der Waals surface area contributed by atoms with Crippen LogP contribution < -0.4 is 10.9 Å². The molecule has 0 fully saturated rings. The number of amides is 1. The van der Waals surface area contributed by atoms with Crippen LogP contribution in [0.15, 0.2) is 63.9 Å². The molecule has 30 heavy (non-hydrogen) atoms. The van der Waals surface area contributed by atoms with E-state index in [0.29, 0.717) is 32.3 Å². The molecule has 0 saturated heterocycles. The van der Waals surface area contributed by atoms with Crippen molar-refractivity contribution in [3.05, 3.63) is 81.2 Å². The Bertz CT molecular complexity index is 1300. The molecular weight excluding hydrogens is 421 g/mol. The average Bonchev–Trinajstić information content (AvgIpc) is 3.18. The third-order valence-electron chi connectivity index (χ3n) is 4.52. The Balaban J connectivity index is 1.66. The van der Waals surface area contributed by atoms with E-state index in [1.54, 1.807) is 24.4 Å². The highest BCUT2D eigenvalue weighted by atomic mass is 32.2. The van der Waals surface area contributed by atoms with Gasteiger partial charge in [-0.15, -0.1) is 11.3 Å². The zero-order valence-corrected chi connectivity index (χ0v) is 17.9. The summed E-state index contributed by atoms with van der Waals surface area (Å²) in [6.07, 6.45) is 0. The summed E-state index contributed by atoms with van der Waals surface area (Å²) in [7, 11) is 0. The molecule has 0 saturated carbocycles. The Morgan fingerprint density at radius 2 is 1.93 bits per heavy atom. The van der Waals surface area contributed by atoms with Crippen LogP contribution in [0, 0.1) is 19.7 Å². The number of carbonyl (C=O) groups excluding carboxylic acids is 1. The third kappa shape index (κ3) is 4.15. The van der Waals surface area contributed by atoms with Gasteiger partial charge in [0.15, 0.2) is 5.16 Å². The van der Waals surface area contributed by atoms with Gasteiger partial charge in [-0.2, -0.15) is 0 Å². The molecule has 8 heteroatoms. The zero-order chi connectivity index (χ0) is 21.3. The van der Waals surface area contributed by atoms with Crippen molar-refractivity contribution in [2.45, 2.75) is 19.0 Å². The van der Waals surface area contributed by atoms with Crippen LogP contribution in [0.25, 0.3) is 15.9 Å². The van der Waals surface area contributed by atoms with Crippen LogP contribution in [-0.4, -0.2) is 21.2 Å². The van der Waals surface area contributed by atoms with Crippen LogP contribution in [0.4, 0.5) is 10.1 Å². The Morgan fingerprint density at radius 3 is 2.67 bits per heavy atom. The van der Waals surface area contributed by atoms with Crippen LogP contribution in [0.5, 0.6) is 0 Å². The molecule has 5 nitrogen and oxygen atoms in total. The standard InChI is InChI=1S/C22H18FN3O2S2/c1-13-3-6-16(7-4-13)24-19(27)12-30-22-25-17-9-10-29-20(17)21(28)26(22)18-8-5-15(23)11-14(18)2/h3-11H,12H2,1-2H3,(H,24,27). The van der Waals surface area contributed by atoms with Gasteiger partial charge in [0, 0.05) is 5.69 Å². The number of hydrogen-bond donors (Lipinski definition) is 1. The predicted octanol–water partition coefficient (Wildman–Crippen LogP) is 4.93. The van der Waals surface area contributed by atoms with Crippen molar-refractivity contribution in [2.75, 3.05) is 11.1 Å². The highest BCUT2D eigenvalue weighted by Crippen LogP contribution is 2.25. The molecule has 0 unspecified atom stereocenters. The molecule has 2 aromatic heterocycles. The van der Waals surface area contributed by atoms with Gasteiger partial charge in [-0.05, 0) is 61.2 Å². The highest BCUT2D eigenvalue weighted by Gasteiger charge is 2.17. The lowest BCUT2D eigenvalue weighted by Gasteiger charge is -2.14. The molecule has 1 amide bonds. The molecule has 2 heterocycles. The van der Waals surface area contributed by atoms with Crippen LogP contribution in [0.1, 0.15) is 11.1 Å². The normalized spacial score (nSPS) is 11.0. The summed E-state index contributed by atoms with van der Waals surface area (Å²) >= 11 is 2.48. The fourth-order valence-corrected chi connectivity index (χ4v) is 4.60. The van der Waals surface area contributed by atoms with E-state index in [2.05, 4.69) is 10.3 Å². The second-order valence-corrected chi connectivity index (χ2v) is 8.66. The number of rotatable bonds is 5. The lowest BCUT2D eigenvalue weighted by Crippen LogP contribution is -2.23. The summed E-state index contributed by atoms with van der Waals surface area (Å²) in [5.74, 6) is -0.497. The Labute approximate surface area is 180 Å². The maximum Gasteiger partial charge on any atom is 0.276 e. The van der Waals surface area contributed by atoms with Crippen molar-refractivity contribution in [1.29, 1.82) is 0 Å². The lowest BCUT2D eigenvalue weighted by atomic mass is 10.2. The van der Waals surface area contributed by atoms with Crippen LogP contribution in [0.3, 0.4) is 0 Å². The van der Waals surface area contributed by atoms with Crippen molar-refractivity contribution in [3.8, 4) is 5.69 Å². The zero-order valence-electron chi connectivity index (χ0n) is 16.3. The van der Waals surface area contributed by atoms with E-state index in [0.717, 1.165) is 5.56 Å². The molecule has 0 aliphatic rings. The second kappa shape index (κ2) is 8.41. The van der Waals surface area contributed by atoms with Gasteiger partial charge in [0.1, 0.15) is 10.5 Å². The number of aromatic nitrogens is 2. The smallest absolute Gasteiger partial charge is 0.276 e. The minimum Gasteiger partial charge on any atom is -0.325 e. The molecule has 0 radical (unpaired) electrons. The molecular formula is C22H18FN3O2S2. The molecule has 152 valence electrons. The number of fused-ring (bicyclic) bond motifs is 1. The van der Waals surface area contributed by atoms with Gasteiger partial charge in [0.05, 0.1) is 17.0 Å². The fraction of sp³-hybridized carbons (Fsp3) is 0.136. The molecule has 0 atom stereocenters. The number of aryl methyl sites for hydroxylation is 2. The topological polar surface area (TPSA) is 64.0 Å². The van der Waals surface area contributed by atoms with Gasteiger partial charge in [0.2, 0.25) is 5.91 Å². The molecule has 4 aromatic rings. The lowest BCUT2D eigenvalue weighted by molar-refractivity contribution is -0.113. The third-order valence-corrected chi connectivity index (χ3v) is 6.35. The number of benzene rings is 2. The van der Waals surface area contributed by atoms with Gasteiger partial charge < -0.3 is 5.32 Å². The maximum atomic E-state index is 13.6. The van der Waals surface area contributed by atoms with E-state index in [1.165, 1.54) is 39.8 Å². The summed E-state index contributed by atoms with van der Waals surface area (Å²) in [5, 5.41) is 5.04. The van der Waals surface area contributed by atoms with E-state index >= 15 is 0 Å². The minimum absolute atomic E-state index is 0.0796. The summed E-state index contributed by atoms with van der Waals surface area (Å²) in [4.78, 5) is 30.2. The molecule has 4 rings (SSSR count). The summed E-state index contributed by atoms with van der Waals surface area (Å²) in [5.41, 5.74) is 3.33. The monoisotopic (exact) mass is 439 g/mol. The number of thiophene rings is 1. The van der Waals surface area contributed by atoms with Crippen molar-refractivity contribution >= 4 is 44.9 Å². The SMILES string of the molecule is Cc1ccc(NC(=O)CSc2nc3ccsc3c(=O)n2-c2ccc(F)cc2C)cc1. The number of nitrogens with zero attached hydrogens (tertiary/aromatic N) is 2. The van der Waals surface area contributed by atoms with Gasteiger partial charge in [0.25, 0.3) is 5.56 Å². The van der Waals surface area contributed by atoms with Crippen molar-refractivity contribution < 1.29 is 9.18 Å².